The smallest absolute Gasteiger partial charge is 0.374 e. The van der Waals surface area contributed by atoms with E-state index in [2.05, 4.69) is 21.9 Å². The molecule has 1 aliphatic rings. The molecule has 1 rings (SSSR count). The highest BCUT2D eigenvalue weighted by Crippen LogP contribution is 2.14. The highest BCUT2D eigenvalue weighted by Gasteiger charge is 2.27. The zero-order chi connectivity index (χ0) is 14.1. The quantitative estimate of drug-likeness (QED) is 0.681. The van der Waals surface area contributed by atoms with Gasteiger partial charge < -0.3 is 14.8 Å². The molecule has 0 radical (unpaired) electrons. The number of ether oxygens (including phenoxy) is 2. The van der Waals surface area contributed by atoms with E-state index in [1.807, 2.05) is 0 Å². The third-order valence-corrected chi connectivity index (χ3v) is 2.95. The average Bonchev–Trinajstić information content (AvgIpc) is 2.36. The highest BCUT2D eigenvalue weighted by molar-refractivity contribution is 4.72. The van der Waals surface area contributed by atoms with Crippen molar-refractivity contribution in [2.45, 2.75) is 25.6 Å². The SMILES string of the molecule is CCN1CCOC(CNCCCOCC(F)(F)F)C1. The minimum absolute atomic E-state index is 0.124. The molecule has 114 valence electrons. The summed E-state index contributed by atoms with van der Waals surface area (Å²) in [7, 11) is 0. The van der Waals surface area contributed by atoms with E-state index in [4.69, 9.17) is 4.74 Å². The summed E-state index contributed by atoms with van der Waals surface area (Å²) in [5.74, 6) is 0. The number of morpholine rings is 1. The molecular weight excluding hydrogens is 261 g/mol. The van der Waals surface area contributed by atoms with Crippen molar-refractivity contribution in [2.24, 2.45) is 0 Å². The van der Waals surface area contributed by atoms with Gasteiger partial charge in [0.05, 0.1) is 12.7 Å². The van der Waals surface area contributed by atoms with Gasteiger partial charge in [0.2, 0.25) is 0 Å². The second kappa shape index (κ2) is 8.73. The summed E-state index contributed by atoms with van der Waals surface area (Å²) in [6.07, 6.45) is -3.49. The standard InChI is InChI=1S/C12H23F3N2O2/c1-2-17-5-7-19-11(9-17)8-16-4-3-6-18-10-12(13,14)15/h11,16H,2-10H2,1H3. The van der Waals surface area contributed by atoms with Gasteiger partial charge in [-0.05, 0) is 19.5 Å². The topological polar surface area (TPSA) is 33.7 Å². The number of halogens is 3. The first-order valence-corrected chi connectivity index (χ1v) is 6.70. The molecule has 1 aliphatic heterocycles. The molecule has 1 atom stereocenters. The van der Waals surface area contributed by atoms with E-state index in [0.717, 1.165) is 32.8 Å². The van der Waals surface area contributed by atoms with Gasteiger partial charge in [0, 0.05) is 26.2 Å². The summed E-state index contributed by atoms with van der Waals surface area (Å²) in [4.78, 5) is 2.32. The van der Waals surface area contributed by atoms with E-state index in [1.165, 1.54) is 0 Å². The van der Waals surface area contributed by atoms with Gasteiger partial charge in [-0.1, -0.05) is 6.92 Å². The predicted molar refractivity (Wildman–Crippen MR) is 66.2 cm³/mol. The van der Waals surface area contributed by atoms with Crippen LogP contribution in [0.15, 0.2) is 0 Å². The Balaban J connectivity index is 1.93. The molecular formula is C12H23F3N2O2. The number of alkyl halides is 3. The molecule has 0 aliphatic carbocycles. The Morgan fingerprint density at radius 1 is 1.42 bits per heavy atom. The van der Waals surface area contributed by atoms with Gasteiger partial charge in [0.25, 0.3) is 0 Å². The third-order valence-electron chi connectivity index (χ3n) is 2.95. The van der Waals surface area contributed by atoms with Crippen LogP contribution in [0.1, 0.15) is 13.3 Å². The van der Waals surface area contributed by atoms with Crippen LogP contribution in [0.3, 0.4) is 0 Å². The van der Waals surface area contributed by atoms with Crippen LogP contribution in [0.25, 0.3) is 0 Å². The summed E-state index contributed by atoms with van der Waals surface area (Å²) in [6.45, 7) is 6.10. The van der Waals surface area contributed by atoms with Gasteiger partial charge in [0.1, 0.15) is 6.61 Å². The van der Waals surface area contributed by atoms with Crippen molar-refractivity contribution in [1.29, 1.82) is 0 Å². The van der Waals surface area contributed by atoms with Crippen LogP contribution in [0, 0.1) is 0 Å². The second-order valence-electron chi connectivity index (χ2n) is 4.61. The number of nitrogens with one attached hydrogen (secondary N) is 1. The third kappa shape index (κ3) is 8.41. The lowest BCUT2D eigenvalue weighted by molar-refractivity contribution is -0.173. The minimum Gasteiger partial charge on any atom is -0.374 e. The van der Waals surface area contributed by atoms with Crippen LogP contribution in [0.2, 0.25) is 0 Å². The molecule has 1 fully saturated rings. The largest absolute Gasteiger partial charge is 0.411 e. The van der Waals surface area contributed by atoms with E-state index in [-0.39, 0.29) is 12.7 Å². The zero-order valence-corrected chi connectivity index (χ0v) is 11.3. The van der Waals surface area contributed by atoms with Crippen molar-refractivity contribution < 1.29 is 22.6 Å². The summed E-state index contributed by atoms with van der Waals surface area (Å²) in [6, 6.07) is 0. The summed E-state index contributed by atoms with van der Waals surface area (Å²) >= 11 is 0. The molecule has 19 heavy (non-hydrogen) atoms. The van der Waals surface area contributed by atoms with Crippen LogP contribution in [0.4, 0.5) is 13.2 Å². The zero-order valence-electron chi connectivity index (χ0n) is 11.3. The lowest BCUT2D eigenvalue weighted by Crippen LogP contribution is -2.46. The van der Waals surface area contributed by atoms with Gasteiger partial charge in [0.15, 0.2) is 0 Å². The molecule has 0 spiro atoms. The molecule has 1 N–H and O–H groups in total. The van der Waals surface area contributed by atoms with Crippen molar-refractivity contribution >= 4 is 0 Å². The Bertz CT molecular complexity index is 240. The Kier molecular flexibility index (Phi) is 7.67. The van der Waals surface area contributed by atoms with Crippen molar-refractivity contribution in [3.8, 4) is 0 Å². The lowest BCUT2D eigenvalue weighted by Gasteiger charge is -2.32. The van der Waals surface area contributed by atoms with Crippen LogP contribution >= 0.6 is 0 Å². The number of hydrogen-bond donors (Lipinski definition) is 1. The molecule has 0 aromatic rings. The minimum atomic E-state index is -4.23. The van der Waals surface area contributed by atoms with E-state index in [0.29, 0.717) is 13.0 Å². The van der Waals surface area contributed by atoms with Crippen LogP contribution in [-0.4, -0.2) is 69.7 Å². The molecule has 0 aromatic heterocycles. The fourth-order valence-electron chi connectivity index (χ4n) is 1.94. The number of likely N-dealkylation sites (N-methyl/N-ethyl adjacent to an activating group) is 1. The monoisotopic (exact) mass is 284 g/mol. The first-order chi connectivity index (χ1) is 9.01. The average molecular weight is 284 g/mol. The summed E-state index contributed by atoms with van der Waals surface area (Å²) in [5, 5.41) is 3.18. The molecule has 1 saturated heterocycles. The van der Waals surface area contributed by atoms with Gasteiger partial charge in [-0.25, -0.2) is 0 Å². The lowest BCUT2D eigenvalue weighted by atomic mass is 10.2. The maximum atomic E-state index is 11.8. The first kappa shape index (κ1) is 16.7. The van der Waals surface area contributed by atoms with Crippen molar-refractivity contribution in [2.75, 3.05) is 52.5 Å². The number of nitrogens with zero attached hydrogens (tertiary/aromatic N) is 1. The molecule has 4 nitrogen and oxygen atoms in total. The van der Waals surface area contributed by atoms with Gasteiger partial charge in [-0.3, -0.25) is 4.90 Å². The maximum Gasteiger partial charge on any atom is 0.411 e. The van der Waals surface area contributed by atoms with Gasteiger partial charge >= 0.3 is 6.18 Å². The summed E-state index contributed by atoms with van der Waals surface area (Å²) in [5.41, 5.74) is 0. The fourth-order valence-corrected chi connectivity index (χ4v) is 1.94. The molecule has 1 heterocycles. The predicted octanol–water partition coefficient (Wildman–Crippen LogP) is 1.27. The van der Waals surface area contributed by atoms with E-state index < -0.39 is 12.8 Å². The van der Waals surface area contributed by atoms with Crippen molar-refractivity contribution in [3.05, 3.63) is 0 Å². The maximum absolute atomic E-state index is 11.8. The normalized spacial score (nSPS) is 21.8. The second-order valence-corrected chi connectivity index (χ2v) is 4.61. The highest BCUT2D eigenvalue weighted by atomic mass is 19.4. The Hall–Kier alpha value is -0.370. The molecule has 1 unspecified atom stereocenters. The molecule has 0 amide bonds. The van der Waals surface area contributed by atoms with Crippen molar-refractivity contribution in [1.82, 2.24) is 10.2 Å². The molecule has 0 bridgehead atoms. The van der Waals surface area contributed by atoms with Crippen molar-refractivity contribution in [3.63, 3.8) is 0 Å². The van der Waals surface area contributed by atoms with Crippen LogP contribution in [-0.2, 0) is 9.47 Å². The van der Waals surface area contributed by atoms with Gasteiger partial charge in [-0.2, -0.15) is 13.2 Å². The Morgan fingerprint density at radius 2 is 2.21 bits per heavy atom. The van der Waals surface area contributed by atoms with E-state index in [9.17, 15) is 13.2 Å². The first-order valence-electron chi connectivity index (χ1n) is 6.70. The Morgan fingerprint density at radius 3 is 2.89 bits per heavy atom. The Labute approximate surface area is 112 Å². The summed E-state index contributed by atoms with van der Waals surface area (Å²) < 4.78 is 45.5. The van der Waals surface area contributed by atoms with Gasteiger partial charge in [-0.15, -0.1) is 0 Å². The molecule has 0 aromatic carbocycles. The number of rotatable bonds is 8. The molecule has 0 saturated carbocycles. The fraction of sp³-hybridized carbons (Fsp3) is 1.00. The number of hydrogen-bond acceptors (Lipinski definition) is 4. The van der Waals surface area contributed by atoms with E-state index in [1.54, 1.807) is 0 Å². The van der Waals surface area contributed by atoms with E-state index >= 15 is 0 Å². The van der Waals surface area contributed by atoms with Crippen LogP contribution in [0.5, 0.6) is 0 Å². The van der Waals surface area contributed by atoms with Crippen LogP contribution < -0.4 is 5.32 Å². The molecule has 7 heteroatoms.